The zero-order valence-corrected chi connectivity index (χ0v) is 11.5. The molecule has 1 aliphatic heterocycles. The lowest BCUT2D eigenvalue weighted by Gasteiger charge is -2.09. The Hall–Kier alpha value is -1.78. The molecule has 0 saturated carbocycles. The van der Waals surface area contributed by atoms with Gasteiger partial charge in [0.15, 0.2) is 9.84 Å². The standard InChI is InChI=1S/C10H9NO7S2/c12-11(13)8-1-3-10(4-2-8)20(16,17)18-9-5-6-19(14,15)7-9/h1-6,9H,7H2. The van der Waals surface area contributed by atoms with E-state index in [4.69, 9.17) is 4.18 Å². The Morgan fingerprint density at radius 3 is 2.30 bits per heavy atom. The molecular weight excluding hydrogens is 310 g/mol. The number of non-ortho nitro benzene ring substituents is 1. The smallest absolute Gasteiger partial charge is 0.258 e. The van der Waals surface area contributed by atoms with Gasteiger partial charge in [0.05, 0.1) is 15.6 Å². The molecule has 20 heavy (non-hydrogen) atoms. The molecule has 1 aliphatic rings. The lowest BCUT2D eigenvalue weighted by Crippen LogP contribution is -2.20. The molecule has 0 fully saturated rings. The van der Waals surface area contributed by atoms with Crippen LogP contribution in [0.3, 0.4) is 0 Å². The van der Waals surface area contributed by atoms with Crippen molar-refractivity contribution in [2.45, 2.75) is 11.0 Å². The van der Waals surface area contributed by atoms with E-state index in [9.17, 15) is 26.9 Å². The van der Waals surface area contributed by atoms with Crippen molar-refractivity contribution in [2.24, 2.45) is 0 Å². The van der Waals surface area contributed by atoms with Gasteiger partial charge in [-0.3, -0.25) is 14.3 Å². The SMILES string of the molecule is O=[N+]([O-])c1ccc(S(=O)(=O)OC2C=CS(=O)(=O)C2)cc1. The third-order valence-electron chi connectivity index (χ3n) is 2.48. The summed E-state index contributed by atoms with van der Waals surface area (Å²) >= 11 is 0. The highest BCUT2D eigenvalue weighted by Gasteiger charge is 2.28. The largest absolute Gasteiger partial charge is 0.297 e. The molecule has 1 aromatic carbocycles. The summed E-state index contributed by atoms with van der Waals surface area (Å²) in [5, 5.41) is 11.4. The van der Waals surface area contributed by atoms with E-state index in [1.165, 1.54) is 0 Å². The van der Waals surface area contributed by atoms with Crippen molar-refractivity contribution in [1.82, 2.24) is 0 Å². The van der Waals surface area contributed by atoms with Crippen LogP contribution in [0.4, 0.5) is 5.69 Å². The van der Waals surface area contributed by atoms with Crippen LogP contribution in [0.25, 0.3) is 0 Å². The van der Waals surface area contributed by atoms with E-state index in [-0.39, 0.29) is 10.6 Å². The van der Waals surface area contributed by atoms with Gasteiger partial charge in [-0.1, -0.05) is 0 Å². The summed E-state index contributed by atoms with van der Waals surface area (Å²) in [6, 6.07) is 4.11. The highest BCUT2D eigenvalue weighted by molar-refractivity contribution is 7.94. The molecule has 0 aromatic heterocycles. The van der Waals surface area contributed by atoms with Gasteiger partial charge in [-0.15, -0.1) is 0 Å². The maximum Gasteiger partial charge on any atom is 0.297 e. The molecule has 1 aromatic rings. The topological polar surface area (TPSA) is 121 Å². The Labute approximate surface area is 114 Å². The average Bonchev–Trinajstić information content (AvgIpc) is 2.68. The van der Waals surface area contributed by atoms with Gasteiger partial charge in [-0.2, -0.15) is 8.42 Å². The summed E-state index contributed by atoms with van der Waals surface area (Å²) in [5.41, 5.74) is -0.257. The number of hydrogen-bond acceptors (Lipinski definition) is 7. The van der Waals surface area contributed by atoms with E-state index >= 15 is 0 Å². The van der Waals surface area contributed by atoms with Crippen molar-refractivity contribution in [3.8, 4) is 0 Å². The summed E-state index contributed by atoms with van der Waals surface area (Å²) in [4.78, 5) is 9.52. The third-order valence-corrected chi connectivity index (χ3v) is 5.20. The van der Waals surface area contributed by atoms with Crippen LogP contribution in [0.1, 0.15) is 0 Å². The molecule has 0 bridgehead atoms. The lowest BCUT2D eigenvalue weighted by molar-refractivity contribution is -0.384. The number of nitro benzene ring substituents is 1. The summed E-state index contributed by atoms with van der Waals surface area (Å²) in [6.45, 7) is 0. The number of rotatable bonds is 4. The van der Waals surface area contributed by atoms with E-state index in [0.717, 1.165) is 35.7 Å². The minimum atomic E-state index is -4.17. The van der Waals surface area contributed by atoms with Crippen molar-refractivity contribution in [3.63, 3.8) is 0 Å². The van der Waals surface area contributed by atoms with E-state index in [0.29, 0.717) is 0 Å². The Morgan fingerprint density at radius 1 is 1.25 bits per heavy atom. The number of hydrogen-bond donors (Lipinski definition) is 0. The van der Waals surface area contributed by atoms with Crippen LogP contribution in [0.5, 0.6) is 0 Å². The normalized spacial score (nSPS) is 20.9. The van der Waals surface area contributed by atoms with Gasteiger partial charge in [0.1, 0.15) is 6.10 Å². The molecule has 0 radical (unpaired) electrons. The molecule has 8 nitrogen and oxygen atoms in total. The van der Waals surface area contributed by atoms with Gasteiger partial charge < -0.3 is 0 Å². The maximum absolute atomic E-state index is 11.9. The van der Waals surface area contributed by atoms with Gasteiger partial charge in [0.2, 0.25) is 0 Å². The summed E-state index contributed by atoms with van der Waals surface area (Å²) < 4.78 is 50.8. The van der Waals surface area contributed by atoms with Crippen molar-refractivity contribution >= 4 is 25.6 Å². The number of nitro groups is 1. The molecule has 108 valence electrons. The highest BCUT2D eigenvalue weighted by Crippen LogP contribution is 2.21. The van der Waals surface area contributed by atoms with E-state index in [2.05, 4.69) is 0 Å². The molecule has 0 amide bonds. The fourth-order valence-corrected chi connectivity index (χ4v) is 3.85. The third kappa shape index (κ3) is 3.21. The van der Waals surface area contributed by atoms with Gasteiger partial charge in [-0.25, -0.2) is 8.42 Å². The van der Waals surface area contributed by atoms with E-state index < -0.39 is 36.7 Å². The predicted molar refractivity (Wildman–Crippen MR) is 68.1 cm³/mol. The van der Waals surface area contributed by atoms with Crippen molar-refractivity contribution in [1.29, 1.82) is 0 Å². The monoisotopic (exact) mass is 319 g/mol. The van der Waals surface area contributed by atoms with Crippen molar-refractivity contribution in [3.05, 3.63) is 45.9 Å². The van der Waals surface area contributed by atoms with E-state index in [1.54, 1.807) is 0 Å². The number of benzene rings is 1. The summed E-state index contributed by atoms with van der Waals surface area (Å²) in [5.74, 6) is -0.445. The molecule has 0 N–H and O–H groups in total. The van der Waals surface area contributed by atoms with Crippen LogP contribution in [-0.2, 0) is 24.1 Å². The Morgan fingerprint density at radius 2 is 1.85 bits per heavy atom. The second-order valence-electron chi connectivity index (χ2n) is 4.00. The highest BCUT2D eigenvalue weighted by atomic mass is 32.2. The first-order chi connectivity index (χ1) is 9.20. The van der Waals surface area contributed by atoms with Crippen molar-refractivity contribution in [2.75, 3.05) is 5.75 Å². The molecule has 1 atom stereocenters. The van der Waals surface area contributed by atoms with Crippen molar-refractivity contribution < 1.29 is 25.9 Å². The van der Waals surface area contributed by atoms with Crippen LogP contribution in [-0.4, -0.2) is 33.6 Å². The van der Waals surface area contributed by atoms with E-state index in [1.807, 2.05) is 0 Å². The molecular formula is C10H9NO7S2. The Kier molecular flexibility index (Phi) is 3.63. The molecule has 1 heterocycles. The molecule has 0 aliphatic carbocycles. The first-order valence-electron chi connectivity index (χ1n) is 5.28. The first kappa shape index (κ1) is 14.6. The lowest BCUT2D eigenvalue weighted by atomic mass is 10.3. The zero-order valence-electron chi connectivity index (χ0n) is 9.87. The maximum atomic E-state index is 11.9. The van der Waals surface area contributed by atoms with Crippen LogP contribution in [0.15, 0.2) is 40.6 Å². The Bertz CT molecular complexity index is 762. The van der Waals surface area contributed by atoms with Gasteiger partial charge in [0.25, 0.3) is 15.8 Å². The van der Waals surface area contributed by atoms with Gasteiger partial charge in [0, 0.05) is 17.5 Å². The molecule has 10 heteroatoms. The molecule has 2 rings (SSSR count). The molecule has 0 saturated heterocycles. The molecule has 1 unspecified atom stereocenters. The number of sulfone groups is 1. The minimum Gasteiger partial charge on any atom is -0.258 e. The van der Waals surface area contributed by atoms with Crippen LogP contribution < -0.4 is 0 Å². The minimum absolute atomic E-state index is 0.257. The van der Waals surface area contributed by atoms with Crippen LogP contribution in [0, 0.1) is 10.1 Å². The van der Waals surface area contributed by atoms with Crippen LogP contribution >= 0.6 is 0 Å². The fourth-order valence-electron chi connectivity index (χ4n) is 1.56. The first-order valence-corrected chi connectivity index (χ1v) is 8.41. The van der Waals surface area contributed by atoms with Crippen LogP contribution in [0.2, 0.25) is 0 Å². The number of nitrogens with zero attached hydrogens (tertiary/aromatic N) is 1. The fraction of sp³-hybridized carbons (Fsp3) is 0.200. The summed E-state index contributed by atoms with van der Waals surface area (Å²) in [7, 11) is -7.60. The van der Waals surface area contributed by atoms with Gasteiger partial charge >= 0.3 is 0 Å². The average molecular weight is 319 g/mol. The second-order valence-corrected chi connectivity index (χ2v) is 7.50. The molecule has 0 spiro atoms. The zero-order chi connectivity index (χ0) is 15.0. The summed E-state index contributed by atoms with van der Waals surface area (Å²) in [6.07, 6.45) is 0.0540. The predicted octanol–water partition coefficient (Wildman–Crippen LogP) is 0.611. The quantitative estimate of drug-likeness (QED) is 0.453. The van der Waals surface area contributed by atoms with Gasteiger partial charge in [-0.05, 0) is 18.2 Å². The Balaban J connectivity index is 2.19. The second kappa shape index (κ2) is 4.96.